The number of carbonyl (C=O) groups excluding carboxylic acids is 1. The van der Waals surface area contributed by atoms with Crippen LogP contribution >= 0.6 is 0 Å². The van der Waals surface area contributed by atoms with E-state index in [1.165, 1.54) is 0 Å². The molecule has 4 heterocycles. The van der Waals surface area contributed by atoms with Gasteiger partial charge in [-0.25, -0.2) is 4.98 Å². The lowest BCUT2D eigenvalue weighted by Gasteiger charge is -2.18. The standard InChI is InChI=1S/C22H26N6O3/c1-5-27-13-17(20(29)16-7-6-14(2)24-21(16)27)22(30)28-9-8-15(12-28)31-19-11-23-10-18(25-19)26(3)4/h6-7,10-11,13,15H,5,8-9,12H2,1-4H3. The average molecular weight is 422 g/mol. The molecule has 1 amide bonds. The van der Waals surface area contributed by atoms with Crippen molar-refractivity contribution in [3.63, 3.8) is 0 Å². The number of carbonyl (C=O) groups is 1. The zero-order valence-corrected chi connectivity index (χ0v) is 18.2. The monoisotopic (exact) mass is 422 g/mol. The molecule has 162 valence electrons. The first-order chi connectivity index (χ1) is 14.9. The summed E-state index contributed by atoms with van der Waals surface area (Å²) in [4.78, 5) is 42.8. The number of nitrogens with zero attached hydrogens (tertiary/aromatic N) is 6. The lowest BCUT2D eigenvalue weighted by molar-refractivity contribution is 0.0769. The van der Waals surface area contributed by atoms with Crippen LogP contribution in [0.1, 0.15) is 29.4 Å². The highest BCUT2D eigenvalue weighted by Crippen LogP contribution is 2.20. The highest BCUT2D eigenvalue weighted by molar-refractivity contribution is 5.97. The van der Waals surface area contributed by atoms with Crippen molar-refractivity contribution in [3.8, 4) is 5.88 Å². The molecule has 1 aliphatic heterocycles. The zero-order valence-electron chi connectivity index (χ0n) is 18.2. The quantitative estimate of drug-likeness (QED) is 0.620. The molecule has 1 unspecified atom stereocenters. The fraction of sp³-hybridized carbons (Fsp3) is 0.409. The van der Waals surface area contributed by atoms with Crippen molar-refractivity contribution in [2.45, 2.75) is 32.9 Å². The molecular weight excluding hydrogens is 396 g/mol. The Labute approximate surface area is 180 Å². The van der Waals surface area contributed by atoms with Gasteiger partial charge in [0.25, 0.3) is 5.91 Å². The third-order valence-electron chi connectivity index (χ3n) is 5.41. The van der Waals surface area contributed by atoms with Gasteiger partial charge in [0.15, 0.2) is 5.82 Å². The van der Waals surface area contributed by atoms with E-state index in [1.54, 1.807) is 35.6 Å². The number of fused-ring (bicyclic) bond motifs is 1. The molecule has 3 aromatic heterocycles. The van der Waals surface area contributed by atoms with Crippen molar-refractivity contribution >= 4 is 22.8 Å². The van der Waals surface area contributed by atoms with Gasteiger partial charge in [0.2, 0.25) is 11.3 Å². The Morgan fingerprint density at radius 2 is 2.06 bits per heavy atom. The van der Waals surface area contributed by atoms with Gasteiger partial charge in [-0.3, -0.25) is 14.6 Å². The predicted molar refractivity (Wildman–Crippen MR) is 118 cm³/mol. The molecule has 31 heavy (non-hydrogen) atoms. The van der Waals surface area contributed by atoms with Gasteiger partial charge in [0, 0.05) is 45.5 Å². The molecule has 1 saturated heterocycles. The summed E-state index contributed by atoms with van der Waals surface area (Å²) in [6, 6.07) is 3.54. The van der Waals surface area contributed by atoms with Crippen LogP contribution in [-0.2, 0) is 6.54 Å². The van der Waals surface area contributed by atoms with Crippen molar-refractivity contribution in [1.82, 2.24) is 24.4 Å². The Bertz CT molecular complexity index is 1190. The van der Waals surface area contributed by atoms with E-state index in [0.29, 0.717) is 48.8 Å². The van der Waals surface area contributed by atoms with E-state index in [0.717, 1.165) is 5.69 Å². The molecule has 3 aromatic rings. The molecule has 0 saturated carbocycles. The Morgan fingerprint density at radius 3 is 2.81 bits per heavy atom. The second kappa shape index (κ2) is 8.33. The Morgan fingerprint density at radius 1 is 1.26 bits per heavy atom. The minimum Gasteiger partial charge on any atom is -0.471 e. The zero-order chi connectivity index (χ0) is 22.1. The topological polar surface area (TPSA) is 93.5 Å². The van der Waals surface area contributed by atoms with Crippen LogP contribution in [0, 0.1) is 6.92 Å². The van der Waals surface area contributed by atoms with Gasteiger partial charge < -0.3 is 19.1 Å². The maximum absolute atomic E-state index is 13.2. The minimum atomic E-state index is -0.286. The van der Waals surface area contributed by atoms with Crippen LogP contribution in [0.15, 0.2) is 35.5 Å². The highest BCUT2D eigenvalue weighted by Gasteiger charge is 2.30. The number of rotatable bonds is 5. The van der Waals surface area contributed by atoms with Gasteiger partial charge >= 0.3 is 0 Å². The summed E-state index contributed by atoms with van der Waals surface area (Å²) >= 11 is 0. The Hall–Kier alpha value is -3.49. The first-order valence-electron chi connectivity index (χ1n) is 10.3. The number of pyridine rings is 2. The molecule has 9 heteroatoms. The number of hydrogen-bond donors (Lipinski definition) is 0. The van der Waals surface area contributed by atoms with Gasteiger partial charge in [-0.1, -0.05) is 0 Å². The summed E-state index contributed by atoms with van der Waals surface area (Å²) in [6.07, 6.45) is 5.31. The van der Waals surface area contributed by atoms with Gasteiger partial charge in [-0.05, 0) is 26.0 Å². The smallest absolute Gasteiger partial charge is 0.259 e. The van der Waals surface area contributed by atoms with Crippen LogP contribution in [0.2, 0.25) is 0 Å². The maximum atomic E-state index is 13.2. The summed E-state index contributed by atoms with van der Waals surface area (Å²) in [5.41, 5.74) is 1.31. The van der Waals surface area contributed by atoms with Crippen molar-refractivity contribution in [1.29, 1.82) is 0 Å². The summed E-state index contributed by atoms with van der Waals surface area (Å²) in [7, 11) is 3.76. The SMILES string of the molecule is CCn1cc(C(=O)N2CCC(Oc3cncc(N(C)C)n3)C2)c(=O)c2ccc(C)nc21. The number of aryl methyl sites for hydroxylation is 2. The molecule has 1 fully saturated rings. The van der Waals surface area contributed by atoms with E-state index in [1.807, 2.05) is 37.4 Å². The van der Waals surface area contributed by atoms with E-state index in [2.05, 4.69) is 15.0 Å². The lowest BCUT2D eigenvalue weighted by Crippen LogP contribution is -2.34. The van der Waals surface area contributed by atoms with Crippen LogP contribution in [0.5, 0.6) is 5.88 Å². The number of likely N-dealkylation sites (tertiary alicyclic amines) is 1. The van der Waals surface area contributed by atoms with Crippen LogP contribution in [0.4, 0.5) is 5.82 Å². The number of ether oxygens (including phenoxy) is 1. The molecule has 0 aliphatic carbocycles. The molecule has 0 bridgehead atoms. The van der Waals surface area contributed by atoms with Gasteiger partial charge in [-0.15, -0.1) is 0 Å². The van der Waals surface area contributed by atoms with E-state index >= 15 is 0 Å². The van der Waals surface area contributed by atoms with E-state index in [9.17, 15) is 9.59 Å². The third kappa shape index (κ3) is 4.08. The number of hydrogen-bond acceptors (Lipinski definition) is 7. The minimum absolute atomic E-state index is 0.162. The van der Waals surface area contributed by atoms with Crippen LogP contribution in [0.3, 0.4) is 0 Å². The second-order valence-electron chi connectivity index (χ2n) is 7.87. The fourth-order valence-electron chi connectivity index (χ4n) is 3.71. The third-order valence-corrected chi connectivity index (χ3v) is 5.41. The van der Waals surface area contributed by atoms with Gasteiger partial charge in [-0.2, -0.15) is 4.98 Å². The molecular formula is C22H26N6O3. The molecule has 0 N–H and O–H groups in total. The van der Waals surface area contributed by atoms with Gasteiger partial charge in [0.05, 0.1) is 24.3 Å². The van der Waals surface area contributed by atoms with Crippen molar-refractivity contribution < 1.29 is 9.53 Å². The first kappa shape index (κ1) is 20.8. The van der Waals surface area contributed by atoms with E-state index in [-0.39, 0.29) is 23.0 Å². The van der Waals surface area contributed by atoms with Crippen LogP contribution in [-0.4, -0.2) is 63.6 Å². The molecule has 0 aromatic carbocycles. The highest BCUT2D eigenvalue weighted by atomic mass is 16.5. The molecule has 1 atom stereocenters. The molecule has 1 aliphatic rings. The largest absolute Gasteiger partial charge is 0.471 e. The van der Waals surface area contributed by atoms with Crippen molar-refractivity contribution in [2.75, 3.05) is 32.1 Å². The molecule has 0 spiro atoms. The summed E-state index contributed by atoms with van der Waals surface area (Å²) < 4.78 is 7.80. The summed E-state index contributed by atoms with van der Waals surface area (Å²) in [6.45, 7) is 5.36. The molecule has 4 rings (SSSR count). The Balaban J connectivity index is 1.55. The second-order valence-corrected chi connectivity index (χ2v) is 7.87. The molecule has 9 nitrogen and oxygen atoms in total. The van der Waals surface area contributed by atoms with E-state index in [4.69, 9.17) is 4.74 Å². The average Bonchev–Trinajstić information content (AvgIpc) is 3.22. The summed E-state index contributed by atoms with van der Waals surface area (Å²) in [5, 5.41) is 0.459. The number of amides is 1. The van der Waals surface area contributed by atoms with Gasteiger partial charge in [0.1, 0.15) is 17.3 Å². The van der Waals surface area contributed by atoms with E-state index < -0.39 is 0 Å². The van der Waals surface area contributed by atoms with Crippen LogP contribution < -0.4 is 15.1 Å². The predicted octanol–water partition coefficient (Wildman–Crippen LogP) is 1.87. The fourth-order valence-corrected chi connectivity index (χ4v) is 3.71. The van der Waals surface area contributed by atoms with Crippen molar-refractivity contribution in [2.24, 2.45) is 0 Å². The summed E-state index contributed by atoms with van der Waals surface area (Å²) in [5.74, 6) is 0.837. The van der Waals surface area contributed by atoms with Crippen LogP contribution in [0.25, 0.3) is 11.0 Å². The normalized spacial score (nSPS) is 16.0. The number of anilines is 1. The first-order valence-corrected chi connectivity index (χ1v) is 10.3. The Kier molecular flexibility index (Phi) is 5.58. The van der Waals surface area contributed by atoms with Crippen molar-refractivity contribution in [3.05, 3.63) is 52.2 Å². The molecule has 0 radical (unpaired) electrons. The number of aromatic nitrogens is 4. The maximum Gasteiger partial charge on any atom is 0.259 e. The lowest BCUT2D eigenvalue weighted by atomic mass is 10.1.